The molecule has 1 amide bonds. The van der Waals surface area contributed by atoms with E-state index in [1.807, 2.05) is 0 Å². The number of benzene rings is 1. The molecule has 0 N–H and O–H groups in total. The van der Waals surface area contributed by atoms with Gasteiger partial charge in [0.1, 0.15) is 5.82 Å². The van der Waals surface area contributed by atoms with Gasteiger partial charge in [-0.15, -0.1) is 0 Å². The van der Waals surface area contributed by atoms with Gasteiger partial charge in [-0.2, -0.15) is 13.2 Å². The molecule has 2 heterocycles. The van der Waals surface area contributed by atoms with Crippen LogP contribution >= 0.6 is 0 Å². The second kappa shape index (κ2) is 6.26. The summed E-state index contributed by atoms with van der Waals surface area (Å²) in [6.07, 6.45) is -4.05. The molecule has 1 aromatic heterocycles. The number of likely N-dealkylation sites (tertiary alicyclic amines) is 1. The van der Waals surface area contributed by atoms with E-state index in [0.717, 1.165) is 4.90 Å². The quantitative estimate of drug-likeness (QED) is 0.778. The third-order valence-corrected chi connectivity index (χ3v) is 4.04. The molecule has 1 atom stereocenters. The molecule has 2 aromatic rings. The Labute approximate surface area is 135 Å². The van der Waals surface area contributed by atoms with E-state index in [4.69, 9.17) is 4.52 Å². The lowest BCUT2D eigenvalue weighted by atomic mass is 9.97. The second-order valence-electron chi connectivity index (χ2n) is 5.69. The average Bonchev–Trinajstić information content (AvgIpc) is 3.03. The van der Waals surface area contributed by atoms with Gasteiger partial charge in [0.15, 0.2) is 11.5 Å². The van der Waals surface area contributed by atoms with E-state index in [9.17, 15) is 22.4 Å². The Morgan fingerprint density at radius 3 is 2.75 bits per heavy atom. The number of carbonyl (C=O) groups is 1. The van der Waals surface area contributed by atoms with Crippen molar-refractivity contribution < 1.29 is 26.9 Å². The Morgan fingerprint density at radius 2 is 2.04 bits per heavy atom. The predicted octanol–water partition coefficient (Wildman–Crippen LogP) is 3.90. The van der Waals surface area contributed by atoms with Crippen LogP contribution < -0.4 is 0 Å². The van der Waals surface area contributed by atoms with Crippen LogP contribution in [0.4, 0.5) is 17.6 Å². The van der Waals surface area contributed by atoms with Crippen LogP contribution in [0.15, 0.2) is 34.9 Å². The van der Waals surface area contributed by atoms with E-state index in [0.29, 0.717) is 0 Å². The van der Waals surface area contributed by atoms with Crippen molar-refractivity contribution >= 4 is 5.91 Å². The minimum absolute atomic E-state index is 0.00652. The molecular formula is C16H14F4N2O2. The fourth-order valence-electron chi connectivity index (χ4n) is 2.75. The molecule has 1 aliphatic rings. The van der Waals surface area contributed by atoms with Crippen molar-refractivity contribution in [3.63, 3.8) is 0 Å². The van der Waals surface area contributed by atoms with Gasteiger partial charge in [-0.25, -0.2) is 4.39 Å². The van der Waals surface area contributed by atoms with Crippen LogP contribution in [0.5, 0.6) is 0 Å². The lowest BCUT2D eigenvalue weighted by molar-refractivity contribution is -0.184. The first-order chi connectivity index (χ1) is 11.4. The van der Waals surface area contributed by atoms with Gasteiger partial charge in [-0.05, 0) is 25.0 Å². The largest absolute Gasteiger partial charge is 0.393 e. The molecule has 3 rings (SSSR count). The Hall–Kier alpha value is -2.38. The highest BCUT2D eigenvalue weighted by molar-refractivity contribution is 5.93. The third-order valence-electron chi connectivity index (χ3n) is 4.04. The highest BCUT2D eigenvalue weighted by atomic mass is 19.4. The fourth-order valence-corrected chi connectivity index (χ4v) is 2.75. The first-order valence-corrected chi connectivity index (χ1v) is 7.44. The zero-order valence-corrected chi connectivity index (χ0v) is 12.5. The summed E-state index contributed by atoms with van der Waals surface area (Å²) in [5, 5.41) is 3.58. The summed E-state index contributed by atoms with van der Waals surface area (Å²) in [4.78, 5) is 13.5. The van der Waals surface area contributed by atoms with E-state index >= 15 is 0 Å². The van der Waals surface area contributed by atoms with Gasteiger partial charge in [0.2, 0.25) is 0 Å². The van der Waals surface area contributed by atoms with Crippen LogP contribution in [0.25, 0.3) is 11.3 Å². The predicted molar refractivity (Wildman–Crippen MR) is 76.6 cm³/mol. The van der Waals surface area contributed by atoms with Gasteiger partial charge in [-0.3, -0.25) is 4.79 Å². The molecule has 128 valence electrons. The number of hydrogen-bond acceptors (Lipinski definition) is 3. The van der Waals surface area contributed by atoms with Crippen molar-refractivity contribution in [2.75, 3.05) is 13.1 Å². The zero-order chi connectivity index (χ0) is 17.3. The summed E-state index contributed by atoms with van der Waals surface area (Å²) >= 11 is 0. The number of nitrogens with zero attached hydrogens (tertiary/aromatic N) is 2. The number of carbonyl (C=O) groups excluding carboxylic acids is 1. The number of amides is 1. The second-order valence-corrected chi connectivity index (χ2v) is 5.69. The number of halogens is 4. The first-order valence-electron chi connectivity index (χ1n) is 7.44. The van der Waals surface area contributed by atoms with Crippen LogP contribution in [0.1, 0.15) is 23.3 Å². The van der Waals surface area contributed by atoms with Gasteiger partial charge in [0, 0.05) is 19.2 Å². The smallest absolute Gasteiger partial charge is 0.355 e. The highest BCUT2D eigenvalue weighted by Gasteiger charge is 2.43. The zero-order valence-electron chi connectivity index (χ0n) is 12.5. The molecule has 0 saturated carbocycles. The van der Waals surface area contributed by atoms with Gasteiger partial charge < -0.3 is 9.42 Å². The topological polar surface area (TPSA) is 46.3 Å². The summed E-state index contributed by atoms with van der Waals surface area (Å²) in [6.45, 7) is -0.169. The fraction of sp³-hybridized carbons (Fsp3) is 0.375. The normalized spacial score (nSPS) is 18.7. The molecule has 1 aliphatic heterocycles. The van der Waals surface area contributed by atoms with Gasteiger partial charge >= 0.3 is 6.18 Å². The minimum atomic E-state index is -4.33. The standard InChI is InChI=1S/C16H14F4N2O2/c17-12-6-2-1-5-11(12)14-8-13(21-24-14)15(23)22-7-3-4-10(9-22)16(18,19)20/h1-2,5-6,8,10H,3-4,7,9H2/t10-/m0/s1. The molecule has 0 radical (unpaired) electrons. The van der Waals surface area contributed by atoms with Crippen LogP contribution in [-0.4, -0.2) is 35.2 Å². The monoisotopic (exact) mass is 342 g/mol. The molecule has 0 bridgehead atoms. The summed E-state index contributed by atoms with van der Waals surface area (Å²) in [5.41, 5.74) is 0.00643. The molecule has 0 spiro atoms. The molecular weight excluding hydrogens is 328 g/mol. The Balaban J connectivity index is 1.78. The van der Waals surface area contributed by atoms with Gasteiger partial charge in [-0.1, -0.05) is 17.3 Å². The Bertz CT molecular complexity index is 742. The number of rotatable bonds is 2. The van der Waals surface area contributed by atoms with Crippen molar-refractivity contribution in [2.24, 2.45) is 5.92 Å². The van der Waals surface area contributed by atoms with Crippen LogP contribution in [0, 0.1) is 11.7 Å². The van der Waals surface area contributed by atoms with E-state index < -0.39 is 30.4 Å². The van der Waals surface area contributed by atoms with Crippen LogP contribution in [-0.2, 0) is 0 Å². The molecule has 24 heavy (non-hydrogen) atoms. The summed E-state index contributed by atoms with van der Waals surface area (Å²) in [7, 11) is 0. The molecule has 1 saturated heterocycles. The van der Waals surface area contributed by atoms with Crippen molar-refractivity contribution in [2.45, 2.75) is 19.0 Å². The lowest BCUT2D eigenvalue weighted by Gasteiger charge is -2.33. The summed E-state index contributed by atoms with van der Waals surface area (Å²) in [6, 6.07) is 7.05. The number of aromatic nitrogens is 1. The first kappa shape index (κ1) is 16.5. The summed E-state index contributed by atoms with van der Waals surface area (Å²) < 4.78 is 57.2. The number of hydrogen-bond donors (Lipinski definition) is 0. The maximum atomic E-state index is 13.7. The molecule has 4 nitrogen and oxygen atoms in total. The van der Waals surface area contributed by atoms with E-state index in [-0.39, 0.29) is 36.4 Å². The van der Waals surface area contributed by atoms with Crippen molar-refractivity contribution in [3.8, 4) is 11.3 Å². The Kier molecular flexibility index (Phi) is 4.29. The van der Waals surface area contributed by atoms with E-state index in [1.54, 1.807) is 6.07 Å². The maximum Gasteiger partial charge on any atom is 0.393 e. The van der Waals surface area contributed by atoms with Crippen molar-refractivity contribution in [3.05, 3.63) is 41.8 Å². The highest BCUT2D eigenvalue weighted by Crippen LogP contribution is 2.33. The van der Waals surface area contributed by atoms with E-state index in [2.05, 4.69) is 5.16 Å². The molecule has 0 unspecified atom stereocenters. The number of alkyl halides is 3. The average molecular weight is 342 g/mol. The third kappa shape index (κ3) is 3.27. The molecule has 1 fully saturated rings. The van der Waals surface area contributed by atoms with E-state index in [1.165, 1.54) is 24.3 Å². The molecule has 8 heteroatoms. The van der Waals surface area contributed by atoms with Crippen LogP contribution in [0.2, 0.25) is 0 Å². The minimum Gasteiger partial charge on any atom is -0.355 e. The SMILES string of the molecule is O=C(c1cc(-c2ccccc2F)on1)N1CCC[C@H](C(F)(F)F)C1. The molecule has 0 aliphatic carbocycles. The van der Waals surface area contributed by atoms with Crippen molar-refractivity contribution in [1.29, 1.82) is 0 Å². The molecule has 1 aromatic carbocycles. The lowest BCUT2D eigenvalue weighted by Crippen LogP contribution is -2.44. The van der Waals surface area contributed by atoms with Gasteiger partial charge in [0.05, 0.1) is 11.5 Å². The summed E-state index contributed by atoms with van der Waals surface area (Å²) in [5.74, 6) is -2.66. The van der Waals surface area contributed by atoms with Gasteiger partial charge in [0.25, 0.3) is 5.91 Å². The van der Waals surface area contributed by atoms with Crippen molar-refractivity contribution in [1.82, 2.24) is 10.1 Å². The Morgan fingerprint density at radius 1 is 1.29 bits per heavy atom. The van der Waals surface area contributed by atoms with Crippen LogP contribution in [0.3, 0.4) is 0 Å². The maximum absolute atomic E-state index is 13.7. The number of piperidine rings is 1.